The van der Waals surface area contributed by atoms with Gasteiger partial charge in [-0.05, 0) is 36.4 Å². The fourth-order valence-electron chi connectivity index (χ4n) is 2.28. The predicted octanol–water partition coefficient (Wildman–Crippen LogP) is 2.77. The van der Waals surface area contributed by atoms with Gasteiger partial charge in [0.15, 0.2) is 5.88 Å². The van der Waals surface area contributed by atoms with Crippen molar-refractivity contribution in [1.82, 2.24) is 5.32 Å². The second-order valence-corrected chi connectivity index (χ2v) is 6.42. The lowest BCUT2D eigenvalue weighted by Gasteiger charge is -2.26. The molecule has 1 aromatic heterocycles. The minimum Gasteiger partial charge on any atom is -0.441 e. The van der Waals surface area contributed by atoms with Crippen LogP contribution in [0.2, 0.25) is 0 Å². The Balaban J connectivity index is 1.97. The number of barbiturate groups is 1. The van der Waals surface area contributed by atoms with Gasteiger partial charge in [-0.1, -0.05) is 15.9 Å². The second-order valence-electron chi connectivity index (χ2n) is 5.50. The summed E-state index contributed by atoms with van der Waals surface area (Å²) in [6.07, 6.45) is 1.32. The highest BCUT2D eigenvalue weighted by atomic mass is 79.9. The van der Waals surface area contributed by atoms with Crippen LogP contribution in [-0.4, -0.2) is 31.9 Å². The fraction of sp³-hybridized carbons (Fsp3) is 0.118. The van der Waals surface area contributed by atoms with E-state index in [0.717, 1.165) is 9.37 Å². The summed E-state index contributed by atoms with van der Waals surface area (Å²) in [5.41, 5.74) is 0.180. The number of hydrogen-bond donors (Lipinski definition) is 1. The standard InChI is InChI=1S/C17H14BrN3O4/c1-20(2)14-8-7-12(25-14)9-13-15(22)19-17(24)21(16(13)23)11-5-3-10(18)4-6-11/h3-9H,1-2H3,(H,19,22,24)/b13-9+. The summed E-state index contributed by atoms with van der Waals surface area (Å²) >= 11 is 3.29. The number of imide groups is 2. The first kappa shape index (κ1) is 17.0. The molecule has 1 N–H and O–H groups in total. The van der Waals surface area contributed by atoms with Crippen LogP contribution in [0.3, 0.4) is 0 Å². The lowest BCUT2D eigenvalue weighted by molar-refractivity contribution is -0.122. The van der Waals surface area contributed by atoms with E-state index in [9.17, 15) is 14.4 Å². The van der Waals surface area contributed by atoms with Crippen LogP contribution in [0.4, 0.5) is 16.4 Å². The van der Waals surface area contributed by atoms with Crippen LogP contribution in [0, 0.1) is 0 Å². The molecule has 2 heterocycles. The normalized spacial score (nSPS) is 16.4. The van der Waals surface area contributed by atoms with Crippen molar-refractivity contribution in [2.24, 2.45) is 0 Å². The van der Waals surface area contributed by atoms with E-state index in [-0.39, 0.29) is 5.57 Å². The Hall–Kier alpha value is -2.87. The van der Waals surface area contributed by atoms with E-state index in [2.05, 4.69) is 21.2 Å². The quantitative estimate of drug-likeness (QED) is 0.629. The molecule has 7 nitrogen and oxygen atoms in total. The van der Waals surface area contributed by atoms with E-state index < -0.39 is 17.8 Å². The van der Waals surface area contributed by atoms with Crippen LogP contribution in [0.5, 0.6) is 0 Å². The molecule has 0 aliphatic carbocycles. The molecule has 25 heavy (non-hydrogen) atoms. The molecule has 0 bridgehead atoms. The van der Waals surface area contributed by atoms with Gasteiger partial charge in [0.2, 0.25) is 0 Å². The van der Waals surface area contributed by atoms with Crippen molar-refractivity contribution in [1.29, 1.82) is 0 Å². The highest BCUT2D eigenvalue weighted by Gasteiger charge is 2.37. The first-order valence-corrected chi connectivity index (χ1v) is 8.10. The molecule has 0 atom stereocenters. The fourth-order valence-corrected chi connectivity index (χ4v) is 2.55. The van der Waals surface area contributed by atoms with Gasteiger partial charge in [0.1, 0.15) is 11.3 Å². The highest BCUT2D eigenvalue weighted by Crippen LogP contribution is 2.25. The molecular formula is C17H14BrN3O4. The van der Waals surface area contributed by atoms with Crippen molar-refractivity contribution in [2.75, 3.05) is 23.9 Å². The Kier molecular flexibility index (Phi) is 4.45. The first-order chi connectivity index (χ1) is 11.9. The van der Waals surface area contributed by atoms with Crippen LogP contribution in [0.15, 0.2) is 50.9 Å². The molecule has 0 radical (unpaired) electrons. The van der Waals surface area contributed by atoms with Crippen molar-refractivity contribution in [3.05, 3.63) is 52.2 Å². The van der Waals surface area contributed by atoms with Gasteiger partial charge in [0.25, 0.3) is 11.8 Å². The Morgan fingerprint density at radius 1 is 1.08 bits per heavy atom. The minimum atomic E-state index is -0.789. The SMILES string of the molecule is CN(C)c1ccc(/C=C2\C(=O)NC(=O)N(c3ccc(Br)cc3)C2=O)o1. The molecule has 1 aliphatic rings. The third-order valence-electron chi connectivity index (χ3n) is 3.53. The number of nitrogens with one attached hydrogen (secondary N) is 1. The number of rotatable bonds is 3. The summed E-state index contributed by atoms with van der Waals surface area (Å²) in [5.74, 6) is -0.547. The number of urea groups is 1. The molecule has 0 unspecified atom stereocenters. The van der Waals surface area contributed by atoms with Crippen LogP contribution < -0.4 is 15.1 Å². The van der Waals surface area contributed by atoms with Crippen LogP contribution in [0.25, 0.3) is 6.08 Å². The summed E-state index contributed by atoms with van der Waals surface area (Å²) < 4.78 is 6.34. The van der Waals surface area contributed by atoms with Crippen LogP contribution in [0.1, 0.15) is 5.76 Å². The van der Waals surface area contributed by atoms with Gasteiger partial charge in [0, 0.05) is 24.6 Å². The number of carbonyl (C=O) groups is 3. The smallest absolute Gasteiger partial charge is 0.335 e. The van der Waals surface area contributed by atoms with Gasteiger partial charge in [-0.2, -0.15) is 0 Å². The van der Waals surface area contributed by atoms with Gasteiger partial charge in [0.05, 0.1) is 5.69 Å². The molecule has 1 saturated heterocycles. The molecule has 3 rings (SSSR count). The zero-order valence-corrected chi connectivity index (χ0v) is 15.0. The van der Waals surface area contributed by atoms with Gasteiger partial charge >= 0.3 is 6.03 Å². The molecule has 2 aromatic rings. The van der Waals surface area contributed by atoms with E-state index in [1.807, 2.05) is 14.1 Å². The number of hydrogen-bond acceptors (Lipinski definition) is 5. The zero-order valence-electron chi connectivity index (χ0n) is 13.4. The molecule has 0 spiro atoms. The van der Waals surface area contributed by atoms with Crippen molar-refractivity contribution in [3.8, 4) is 0 Å². The highest BCUT2D eigenvalue weighted by molar-refractivity contribution is 9.10. The second kappa shape index (κ2) is 6.56. The van der Waals surface area contributed by atoms with E-state index in [4.69, 9.17) is 4.42 Å². The third-order valence-corrected chi connectivity index (χ3v) is 4.06. The van der Waals surface area contributed by atoms with Crippen LogP contribution in [-0.2, 0) is 9.59 Å². The predicted molar refractivity (Wildman–Crippen MR) is 96.2 cm³/mol. The number of anilines is 2. The van der Waals surface area contributed by atoms with Crippen molar-refractivity contribution in [3.63, 3.8) is 0 Å². The van der Waals surface area contributed by atoms with Gasteiger partial charge < -0.3 is 9.32 Å². The maximum absolute atomic E-state index is 12.7. The Bertz CT molecular complexity index is 884. The molecular weight excluding hydrogens is 390 g/mol. The van der Waals surface area contributed by atoms with Gasteiger partial charge in [-0.15, -0.1) is 0 Å². The molecule has 1 aliphatic heterocycles. The summed E-state index contributed by atoms with van der Waals surface area (Å²) in [4.78, 5) is 39.5. The van der Waals surface area contributed by atoms with E-state index >= 15 is 0 Å². The number of nitrogens with zero attached hydrogens (tertiary/aromatic N) is 2. The molecule has 8 heteroatoms. The number of halogens is 1. The lowest BCUT2D eigenvalue weighted by atomic mass is 10.1. The molecule has 0 saturated carbocycles. The maximum Gasteiger partial charge on any atom is 0.335 e. The first-order valence-electron chi connectivity index (χ1n) is 7.31. The topological polar surface area (TPSA) is 82.9 Å². The Labute approximate surface area is 152 Å². The molecule has 4 amide bonds. The third kappa shape index (κ3) is 3.34. The molecule has 1 aromatic carbocycles. The lowest BCUT2D eigenvalue weighted by Crippen LogP contribution is -2.54. The van der Waals surface area contributed by atoms with E-state index in [1.165, 1.54) is 6.08 Å². The molecule has 1 fully saturated rings. The van der Waals surface area contributed by atoms with E-state index in [0.29, 0.717) is 17.3 Å². The van der Waals surface area contributed by atoms with Crippen molar-refractivity contribution < 1.29 is 18.8 Å². The average Bonchev–Trinajstić information content (AvgIpc) is 3.02. The summed E-state index contributed by atoms with van der Waals surface area (Å²) in [6, 6.07) is 9.18. The largest absolute Gasteiger partial charge is 0.441 e. The van der Waals surface area contributed by atoms with Crippen LogP contribution >= 0.6 is 15.9 Å². The number of amides is 4. The molecule has 128 valence electrons. The summed E-state index contributed by atoms with van der Waals surface area (Å²) in [5, 5.41) is 2.17. The monoisotopic (exact) mass is 403 g/mol. The van der Waals surface area contributed by atoms with Crippen molar-refractivity contribution in [2.45, 2.75) is 0 Å². The van der Waals surface area contributed by atoms with Crippen molar-refractivity contribution >= 4 is 51.4 Å². The maximum atomic E-state index is 12.7. The van der Waals surface area contributed by atoms with E-state index in [1.54, 1.807) is 41.3 Å². The average molecular weight is 404 g/mol. The summed E-state index contributed by atoms with van der Waals surface area (Å²) in [6.45, 7) is 0. The number of benzene rings is 1. The number of furan rings is 1. The Morgan fingerprint density at radius 3 is 2.36 bits per heavy atom. The Morgan fingerprint density at radius 2 is 1.76 bits per heavy atom. The summed E-state index contributed by atoms with van der Waals surface area (Å²) in [7, 11) is 3.62. The minimum absolute atomic E-state index is 0.179. The number of carbonyl (C=O) groups excluding carboxylic acids is 3. The van der Waals surface area contributed by atoms with Gasteiger partial charge in [-0.3, -0.25) is 14.9 Å². The zero-order chi connectivity index (χ0) is 18.1. The van der Waals surface area contributed by atoms with Gasteiger partial charge in [-0.25, -0.2) is 9.69 Å².